The van der Waals surface area contributed by atoms with Gasteiger partial charge in [-0.3, -0.25) is 4.79 Å². The number of ether oxygens (including phenoxy) is 1. The highest BCUT2D eigenvalue weighted by atomic mass is 16.5. The second kappa shape index (κ2) is 7.90. The molecule has 20 heavy (non-hydrogen) atoms. The lowest BCUT2D eigenvalue weighted by Gasteiger charge is -2.13. The summed E-state index contributed by atoms with van der Waals surface area (Å²) in [7, 11) is 0. The van der Waals surface area contributed by atoms with Crippen LogP contribution in [0.5, 0.6) is 5.75 Å². The van der Waals surface area contributed by atoms with Crippen molar-refractivity contribution in [2.75, 3.05) is 18.4 Å². The van der Waals surface area contributed by atoms with Crippen molar-refractivity contribution >= 4 is 11.6 Å². The van der Waals surface area contributed by atoms with Gasteiger partial charge in [0.1, 0.15) is 5.75 Å². The molecule has 2 rings (SSSR count). The molecule has 0 aliphatic heterocycles. The quantitative estimate of drug-likeness (QED) is 0.753. The Morgan fingerprint density at radius 2 is 1.95 bits per heavy atom. The molecule has 1 aromatic carbocycles. The molecular weight excluding hydrogens is 252 g/mol. The maximum atomic E-state index is 11.6. The smallest absolute Gasteiger partial charge is 0.238 e. The van der Waals surface area contributed by atoms with E-state index in [9.17, 15) is 4.79 Å². The Kier molecular flexibility index (Phi) is 5.87. The van der Waals surface area contributed by atoms with Crippen LogP contribution in [0.4, 0.5) is 5.69 Å². The van der Waals surface area contributed by atoms with Crippen LogP contribution < -0.4 is 15.4 Å². The maximum Gasteiger partial charge on any atom is 0.238 e. The average molecular weight is 276 g/mol. The first-order chi connectivity index (χ1) is 9.78. The molecule has 1 amide bonds. The molecule has 1 aliphatic carbocycles. The topological polar surface area (TPSA) is 50.4 Å². The molecule has 1 saturated carbocycles. The largest absolute Gasteiger partial charge is 0.490 e. The lowest BCUT2D eigenvalue weighted by Crippen LogP contribution is -2.28. The lowest BCUT2D eigenvalue weighted by atomic mass is 10.2. The molecular formula is C16H24N2O2. The zero-order valence-corrected chi connectivity index (χ0v) is 12.2. The summed E-state index contributed by atoms with van der Waals surface area (Å²) >= 11 is 0. The molecule has 110 valence electrons. The number of rotatable bonds is 7. The summed E-state index contributed by atoms with van der Waals surface area (Å²) in [6.45, 7) is 3.30. The molecule has 0 heterocycles. The molecule has 0 unspecified atom stereocenters. The number of nitrogens with one attached hydrogen (secondary N) is 2. The maximum absolute atomic E-state index is 11.6. The van der Waals surface area contributed by atoms with Gasteiger partial charge in [0.25, 0.3) is 0 Å². The molecule has 0 aromatic heterocycles. The molecule has 4 nitrogen and oxygen atoms in total. The van der Waals surface area contributed by atoms with E-state index in [1.54, 1.807) is 0 Å². The standard InChI is InChI=1S/C16H24N2O2/c1-2-11-17-12-16(19)18-13-7-9-15(10-8-13)20-14-5-3-4-6-14/h7-10,14,17H,2-6,11-12H2,1H3,(H,18,19). The van der Waals surface area contributed by atoms with Crippen LogP contribution in [0.2, 0.25) is 0 Å². The Morgan fingerprint density at radius 3 is 2.60 bits per heavy atom. The fraction of sp³-hybridized carbons (Fsp3) is 0.562. The molecule has 0 spiro atoms. The van der Waals surface area contributed by atoms with Gasteiger partial charge in [-0.1, -0.05) is 6.92 Å². The van der Waals surface area contributed by atoms with Crippen LogP contribution in [-0.4, -0.2) is 25.1 Å². The summed E-state index contributed by atoms with van der Waals surface area (Å²) in [5.41, 5.74) is 0.812. The molecule has 0 radical (unpaired) electrons. The number of anilines is 1. The van der Waals surface area contributed by atoms with Crippen molar-refractivity contribution in [3.05, 3.63) is 24.3 Å². The minimum Gasteiger partial charge on any atom is -0.490 e. The van der Waals surface area contributed by atoms with Gasteiger partial charge in [-0.15, -0.1) is 0 Å². The highest BCUT2D eigenvalue weighted by Gasteiger charge is 2.16. The summed E-state index contributed by atoms with van der Waals surface area (Å²) in [5, 5.41) is 5.94. The first-order valence-corrected chi connectivity index (χ1v) is 7.55. The number of hydrogen-bond donors (Lipinski definition) is 2. The van der Waals surface area contributed by atoms with Crippen LogP contribution in [-0.2, 0) is 4.79 Å². The van der Waals surface area contributed by atoms with Crippen molar-refractivity contribution in [3.8, 4) is 5.75 Å². The van der Waals surface area contributed by atoms with E-state index in [4.69, 9.17) is 4.74 Å². The van der Waals surface area contributed by atoms with Crippen molar-refractivity contribution in [1.82, 2.24) is 5.32 Å². The van der Waals surface area contributed by atoms with E-state index in [0.717, 1.165) is 37.2 Å². The SMILES string of the molecule is CCCNCC(=O)Nc1ccc(OC2CCCC2)cc1. The summed E-state index contributed by atoms with van der Waals surface area (Å²) < 4.78 is 5.89. The van der Waals surface area contributed by atoms with E-state index in [1.807, 2.05) is 24.3 Å². The normalized spacial score (nSPS) is 15.2. The molecule has 1 aromatic rings. The summed E-state index contributed by atoms with van der Waals surface area (Å²) in [4.78, 5) is 11.6. The van der Waals surface area contributed by atoms with Gasteiger partial charge < -0.3 is 15.4 Å². The third-order valence-corrected chi connectivity index (χ3v) is 3.46. The van der Waals surface area contributed by atoms with Crippen LogP contribution in [0.1, 0.15) is 39.0 Å². The molecule has 4 heteroatoms. The zero-order chi connectivity index (χ0) is 14.2. The molecule has 1 aliphatic rings. The lowest BCUT2D eigenvalue weighted by molar-refractivity contribution is -0.115. The van der Waals surface area contributed by atoms with Gasteiger partial charge in [-0.25, -0.2) is 0 Å². The van der Waals surface area contributed by atoms with Crippen molar-refractivity contribution in [1.29, 1.82) is 0 Å². The third-order valence-electron chi connectivity index (χ3n) is 3.46. The Balaban J connectivity index is 1.77. The Hall–Kier alpha value is -1.55. The fourth-order valence-corrected chi connectivity index (χ4v) is 2.40. The van der Waals surface area contributed by atoms with Gasteiger partial charge in [-0.2, -0.15) is 0 Å². The second-order valence-corrected chi connectivity index (χ2v) is 5.27. The fourth-order valence-electron chi connectivity index (χ4n) is 2.40. The number of amides is 1. The van der Waals surface area contributed by atoms with Gasteiger partial charge in [-0.05, 0) is 62.9 Å². The number of carbonyl (C=O) groups is 1. The van der Waals surface area contributed by atoms with E-state index in [2.05, 4.69) is 17.6 Å². The van der Waals surface area contributed by atoms with Crippen LogP contribution in [0.15, 0.2) is 24.3 Å². The predicted octanol–water partition coefficient (Wildman–Crippen LogP) is 2.95. The molecule has 0 bridgehead atoms. The summed E-state index contributed by atoms with van der Waals surface area (Å²) in [6, 6.07) is 7.63. The van der Waals surface area contributed by atoms with E-state index in [1.165, 1.54) is 12.8 Å². The van der Waals surface area contributed by atoms with Crippen molar-refractivity contribution < 1.29 is 9.53 Å². The number of hydrogen-bond acceptors (Lipinski definition) is 3. The van der Waals surface area contributed by atoms with Gasteiger partial charge in [0.15, 0.2) is 0 Å². The predicted molar refractivity (Wildman–Crippen MR) is 81.1 cm³/mol. The van der Waals surface area contributed by atoms with Crippen molar-refractivity contribution in [2.45, 2.75) is 45.1 Å². The Bertz CT molecular complexity index is 411. The van der Waals surface area contributed by atoms with Crippen LogP contribution >= 0.6 is 0 Å². The zero-order valence-electron chi connectivity index (χ0n) is 12.2. The molecule has 0 atom stereocenters. The van der Waals surface area contributed by atoms with Crippen molar-refractivity contribution in [2.24, 2.45) is 0 Å². The van der Waals surface area contributed by atoms with Crippen molar-refractivity contribution in [3.63, 3.8) is 0 Å². The Morgan fingerprint density at radius 1 is 1.25 bits per heavy atom. The third kappa shape index (κ3) is 4.85. The minimum absolute atomic E-state index is 0.0112. The minimum atomic E-state index is -0.0112. The number of benzene rings is 1. The van der Waals surface area contributed by atoms with Gasteiger partial charge >= 0.3 is 0 Å². The second-order valence-electron chi connectivity index (χ2n) is 5.27. The molecule has 2 N–H and O–H groups in total. The van der Waals surface area contributed by atoms with E-state index < -0.39 is 0 Å². The average Bonchev–Trinajstić information content (AvgIpc) is 2.94. The van der Waals surface area contributed by atoms with E-state index >= 15 is 0 Å². The van der Waals surface area contributed by atoms with Crippen LogP contribution in [0.25, 0.3) is 0 Å². The summed E-state index contributed by atoms with van der Waals surface area (Å²) in [5.74, 6) is 0.877. The highest BCUT2D eigenvalue weighted by Crippen LogP contribution is 2.24. The first-order valence-electron chi connectivity index (χ1n) is 7.55. The molecule has 0 saturated heterocycles. The molecule has 1 fully saturated rings. The first kappa shape index (κ1) is 14.9. The number of carbonyl (C=O) groups excluding carboxylic acids is 1. The van der Waals surface area contributed by atoms with Gasteiger partial charge in [0.2, 0.25) is 5.91 Å². The monoisotopic (exact) mass is 276 g/mol. The van der Waals surface area contributed by atoms with Gasteiger partial charge in [0, 0.05) is 5.69 Å². The van der Waals surface area contributed by atoms with Gasteiger partial charge in [0.05, 0.1) is 12.6 Å². The summed E-state index contributed by atoms with van der Waals surface area (Å²) in [6.07, 6.45) is 6.24. The van der Waals surface area contributed by atoms with Crippen LogP contribution in [0, 0.1) is 0 Å². The highest BCUT2D eigenvalue weighted by molar-refractivity contribution is 5.92. The van der Waals surface area contributed by atoms with Crippen LogP contribution in [0.3, 0.4) is 0 Å². The van der Waals surface area contributed by atoms with E-state index in [-0.39, 0.29) is 5.91 Å². The Labute approximate surface area is 120 Å². The van der Waals surface area contributed by atoms with E-state index in [0.29, 0.717) is 12.6 Å².